The van der Waals surface area contributed by atoms with Gasteiger partial charge in [-0.1, -0.05) is 23.2 Å². The van der Waals surface area contributed by atoms with E-state index in [1.54, 1.807) is 6.92 Å². The standard InChI is InChI=1S/C8H9Cl2NO2S/c1-4(12)3-11-8(13)5-2-6(9)14-7(5)10/h2,4,12H,3H2,1H3,(H,11,13)/t4-/m1/s1. The molecule has 78 valence electrons. The predicted molar refractivity (Wildman–Crippen MR) is 58.4 cm³/mol. The highest BCUT2D eigenvalue weighted by Crippen LogP contribution is 2.30. The van der Waals surface area contributed by atoms with Crippen LogP contribution >= 0.6 is 34.5 Å². The van der Waals surface area contributed by atoms with Crippen molar-refractivity contribution in [2.24, 2.45) is 0 Å². The van der Waals surface area contributed by atoms with Crippen LogP contribution in [0.1, 0.15) is 17.3 Å². The Bertz CT molecular complexity index is 338. The Kier molecular flexibility index (Phi) is 4.19. The van der Waals surface area contributed by atoms with Gasteiger partial charge in [0.25, 0.3) is 5.91 Å². The van der Waals surface area contributed by atoms with Gasteiger partial charge in [-0.05, 0) is 13.0 Å². The van der Waals surface area contributed by atoms with E-state index in [0.717, 1.165) is 11.3 Å². The van der Waals surface area contributed by atoms with Crippen LogP contribution in [0.2, 0.25) is 8.67 Å². The zero-order chi connectivity index (χ0) is 10.7. The number of hydrogen-bond donors (Lipinski definition) is 2. The van der Waals surface area contributed by atoms with Crippen LogP contribution in [-0.4, -0.2) is 23.7 Å². The number of hydrogen-bond acceptors (Lipinski definition) is 3. The largest absolute Gasteiger partial charge is 0.392 e. The zero-order valence-corrected chi connectivity index (χ0v) is 9.71. The molecule has 0 aliphatic carbocycles. The quantitative estimate of drug-likeness (QED) is 0.868. The highest BCUT2D eigenvalue weighted by molar-refractivity contribution is 7.20. The summed E-state index contributed by atoms with van der Waals surface area (Å²) in [5.74, 6) is -0.320. The minimum Gasteiger partial charge on any atom is -0.392 e. The SMILES string of the molecule is C[C@@H](O)CNC(=O)c1cc(Cl)sc1Cl. The average molecular weight is 254 g/mol. The molecule has 2 N–H and O–H groups in total. The molecule has 0 aliphatic rings. The third kappa shape index (κ3) is 3.13. The molecule has 0 saturated carbocycles. The fourth-order valence-corrected chi connectivity index (χ4v) is 2.29. The lowest BCUT2D eigenvalue weighted by molar-refractivity contribution is 0.0924. The molecular formula is C8H9Cl2NO2S. The van der Waals surface area contributed by atoms with Crippen LogP contribution in [0, 0.1) is 0 Å². The van der Waals surface area contributed by atoms with Gasteiger partial charge in [0.2, 0.25) is 0 Å². The molecule has 0 bridgehead atoms. The van der Waals surface area contributed by atoms with Gasteiger partial charge in [0.05, 0.1) is 16.0 Å². The van der Waals surface area contributed by atoms with E-state index in [0.29, 0.717) is 14.2 Å². The first kappa shape index (κ1) is 11.8. The summed E-state index contributed by atoms with van der Waals surface area (Å²) in [5.41, 5.74) is 0.349. The second-order valence-electron chi connectivity index (χ2n) is 2.80. The van der Waals surface area contributed by atoms with Gasteiger partial charge in [0.15, 0.2) is 0 Å². The first-order valence-corrected chi connectivity index (χ1v) is 5.49. The lowest BCUT2D eigenvalue weighted by Crippen LogP contribution is -2.30. The fourth-order valence-electron chi connectivity index (χ4n) is 0.831. The Morgan fingerprint density at radius 3 is 2.79 bits per heavy atom. The second-order valence-corrected chi connectivity index (χ2v) is 5.08. The van der Waals surface area contributed by atoms with E-state index in [4.69, 9.17) is 28.3 Å². The van der Waals surface area contributed by atoms with Gasteiger partial charge >= 0.3 is 0 Å². The van der Waals surface area contributed by atoms with Crippen LogP contribution in [0.3, 0.4) is 0 Å². The van der Waals surface area contributed by atoms with Crippen molar-refractivity contribution in [1.29, 1.82) is 0 Å². The van der Waals surface area contributed by atoms with Crippen LogP contribution in [0.25, 0.3) is 0 Å². The molecule has 1 aromatic rings. The van der Waals surface area contributed by atoms with Crippen molar-refractivity contribution < 1.29 is 9.90 Å². The van der Waals surface area contributed by atoms with Crippen molar-refractivity contribution in [2.75, 3.05) is 6.54 Å². The predicted octanol–water partition coefficient (Wildman–Crippen LogP) is 2.17. The monoisotopic (exact) mass is 253 g/mol. The number of thiophene rings is 1. The van der Waals surface area contributed by atoms with Gasteiger partial charge in [-0.2, -0.15) is 0 Å². The van der Waals surface area contributed by atoms with Crippen LogP contribution in [0.15, 0.2) is 6.07 Å². The molecule has 14 heavy (non-hydrogen) atoms. The summed E-state index contributed by atoms with van der Waals surface area (Å²) in [6.07, 6.45) is -0.577. The normalized spacial score (nSPS) is 12.6. The number of rotatable bonds is 3. The van der Waals surface area contributed by atoms with Crippen molar-refractivity contribution in [1.82, 2.24) is 5.32 Å². The molecule has 0 aliphatic heterocycles. The van der Waals surface area contributed by atoms with E-state index in [1.807, 2.05) is 0 Å². The minimum atomic E-state index is -0.577. The maximum Gasteiger partial charge on any atom is 0.253 e. The molecule has 1 rings (SSSR count). The summed E-state index contributed by atoms with van der Waals surface area (Å²) in [5, 5.41) is 11.5. The maximum atomic E-state index is 11.4. The van der Waals surface area contributed by atoms with E-state index in [2.05, 4.69) is 5.32 Å². The van der Waals surface area contributed by atoms with Crippen molar-refractivity contribution in [3.8, 4) is 0 Å². The molecule has 0 spiro atoms. The van der Waals surface area contributed by atoms with Crippen LogP contribution < -0.4 is 5.32 Å². The van der Waals surface area contributed by atoms with Gasteiger partial charge in [-0.25, -0.2) is 0 Å². The number of halogens is 2. The minimum absolute atomic E-state index is 0.197. The van der Waals surface area contributed by atoms with E-state index < -0.39 is 6.10 Å². The van der Waals surface area contributed by atoms with E-state index >= 15 is 0 Å². The molecule has 0 fully saturated rings. The topological polar surface area (TPSA) is 49.3 Å². The summed E-state index contributed by atoms with van der Waals surface area (Å²) in [4.78, 5) is 11.4. The molecule has 3 nitrogen and oxygen atoms in total. The van der Waals surface area contributed by atoms with Gasteiger partial charge < -0.3 is 10.4 Å². The number of amides is 1. The molecule has 0 saturated heterocycles. The van der Waals surface area contributed by atoms with Crippen molar-refractivity contribution >= 4 is 40.4 Å². The molecule has 0 aromatic carbocycles. The smallest absolute Gasteiger partial charge is 0.253 e. The van der Waals surface area contributed by atoms with Gasteiger partial charge in [0, 0.05) is 6.54 Å². The first-order valence-electron chi connectivity index (χ1n) is 3.92. The van der Waals surface area contributed by atoms with Crippen molar-refractivity contribution in [3.63, 3.8) is 0 Å². The van der Waals surface area contributed by atoms with Crippen LogP contribution in [0.5, 0.6) is 0 Å². The van der Waals surface area contributed by atoms with Gasteiger partial charge in [0.1, 0.15) is 4.34 Å². The lowest BCUT2D eigenvalue weighted by atomic mass is 10.3. The zero-order valence-electron chi connectivity index (χ0n) is 7.38. The third-order valence-corrected chi connectivity index (χ3v) is 2.95. The molecule has 0 unspecified atom stereocenters. The Hall–Kier alpha value is -0.290. The number of aliphatic hydroxyl groups is 1. The Balaban J connectivity index is 2.65. The van der Waals surface area contributed by atoms with Crippen LogP contribution in [-0.2, 0) is 0 Å². The third-order valence-electron chi connectivity index (χ3n) is 1.46. The highest BCUT2D eigenvalue weighted by atomic mass is 35.5. The molecule has 0 radical (unpaired) electrons. The highest BCUT2D eigenvalue weighted by Gasteiger charge is 2.13. The molecule has 1 heterocycles. The molecule has 6 heteroatoms. The number of carbonyl (C=O) groups is 1. The summed E-state index contributed by atoms with van der Waals surface area (Å²) in [7, 11) is 0. The van der Waals surface area contributed by atoms with E-state index in [9.17, 15) is 4.79 Å². The number of nitrogens with one attached hydrogen (secondary N) is 1. The molecule has 1 aromatic heterocycles. The fraction of sp³-hybridized carbons (Fsp3) is 0.375. The summed E-state index contributed by atoms with van der Waals surface area (Å²) < 4.78 is 0.829. The summed E-state index contributed by atoms with van der Waals surface area (Å²) >= 11 is 12.6. The van der Waals surface area contributed by atoms with Crippen molar-refractivity contribution in [2.45, 2.75) is 13.0 Å². The van der Waals surface area contributed by atoms with Gasteiger partial charge in [-0.3, -0.25) is 4.79 Å². The van der Waals surface area contributed by atoms with E-state index in [-0.39, 0.29) is 12.5 Å². The summed E-state index contributed by atoms with van der Waals surface area (Å²) in [6, 6.07) is 1.51. The average Bonchev–Trinajstić information content (AvgIpc) is 2.41. The molecular weight excluding hydrogens is 245 g/mol. The summed E-state index contributed by atoms with van der Waals surface area (Å²) in [6.45, 7) is 1.78. The number of carbonyl (C=O) groups excluding carboxylic acids is 1. The molecule has 1 atom stereocenters. The Labute approximate surface area is 95.6 Å². The number of aliphatic hydroxyl groups excluding tert-OH is 1. The van der Waals surface area contributed by atoms with Gasteiger partial charge in [-0.15, -0.1) is 11.3 Å². The second kappa shape index (κ2) is 4.98. The first-order chi connectivity index (χ1) is 6.50. The molecule has 1 amide bonds. The van der Waals surface area contributed by atoms with E-state index in [1.165, 1.54) is 6.07 Å². The lowest BCUT2D eigenvalue weighted by Gasteiger charge is -2.05. The Morgan fingerprint density at radius 1 is 1.71 bits per heavy atom. The van der Waals surface area contributed by atoms with Crippen molar-refractivity contribution in [3.05, 3.63) is 20.3 Å². The van der Waals surface area contributed by atoms with Crippen LogP contribution in [0.4, 0.5) is 0 Å². The Morgan fingerprint density at radius 2 is 2.36 bits per heavy atom. The maximum absolute atomic E-state index is 11.4.